The van der Waals surface area contributed by atoms with E-state index in [9.17, 15) is 0 Å². The molecule has 0 spiro atoms. The lowest BCUT2D eigenvalue weighted by molar-refractivity contribution is 0.712. The molecule has 5 nitrogen and oxygen atoms in total. The van der Waals surface area contributed by atoms with Crippen LogP contribution in [0.5, 0.6) is 0 Å². The lowest BCUT2D eigenvalue weighted by Gasteiger charge is -2.27. The summed E-state index contributed by atoms with van der Waals surface area (Å²) in [5.74, 6) is 2.04. The van der Waals surface area contributed by atoms with E-state index in [0.29, 0.717) is 0 Å². The van der Waals surface area contributed by atoms with Gasteiger partial charge in [0, 0.05) is 30.4 Å². The maximum atomic E-state index is 4.84. The van der Waals surface area contributed by atoms with Crippen molar-refractivity contribution >= 4 is 23.0 Å². The molecule has 0 aliphatic heterocycles. The number of aromatic nitrogens is 3. The van der Waals surface area contributed by atoms with E-state index in [1.165, 1.54) is 11.1 Å². The zero-order valence-electron chi connectivity index (χ0n) is 17.2. The standard InChI is InChI=1S/C22H31N5/c1-6-13-26(14-7-2)22-17(5)21(25-20-11-12-23-27(20)22)24-19-10-9-18(8-3)15-16(19)4/h9-12,15H,6-8,13-14H2,1-5H3,(H,24,25). The summed E-state index contributed by atoms with van der Waals surface area (Å²) in [7, 11) is 0. The third-order valence-electron chi connectivity index (χ3n) is 4.98. The molecule has 0 atom stereocenters. The van der Waals surface area contributed by atoms with Gasteiger partial charge in [-0.25, -0.2) is 4.98 Å². The second kappa shape index (κ2) is 8.42. The van der Waals surface area contributed by atoms with E-state index in [1.807, 2.05) is 16.8 Å². The van der Waals surface area contributed by atoms with E-state index in [-0.39, 0.29) is 0 Å². The van der Waals surface area contributed by atoms with Crippen LogP contribution in [0.1, 0.15) is 50.3 Å². The first-order chi connectivity index (χ1) is 13.1. The Balaban J connectivity index is 2.07. The second-order valence-corrected chi connectivity index (χ2v) is 7.13. The number of nitrogens with zero attached hydrogens (tertiary/aromatic N) is 4. The van der Waals surface area contributed by atoms with Gasteiger partial charge in [-0.2, -0.15) is 9.61 Å². The molecule has 0 aliphatic carbocycles. The molecule has 0 saturated heterocycles. The van der Waals surface area contributed by atoms with Crippen molar-refractivity contribution in [3.8, 4) is 0 Å². The third-order valence-corrected chi connectivity index (χ3v) is 4.98. The van der Waals surface area contributed by atoms with Gasteiger partial charge in [-0.1, -0.05) is 32.9 Å². The molecule has 27 heavy (non-hydrogen) atoms. The zero-order valence-corrected chi connectivity index (χ0v) is 17.2. The van der Waals surface area contributed by atoms with Gasteiger partial charge in [0.1, 0.15) is 11.6 Å². The van der Waals surface area contributed by atoms with Crippen molar-refractivity contribution in [3.63, 3.8) is 0 Å². The highest BCUT2D eigenvalue weighted by Crippen LogP contribution is 2.30. The summed E-state index contributed by atoms with van der Waals surface area (Å²) in [5, 5.41) is 8.11. The van der Waals surface area contributed by atoms with Crippen molar-refractivity contribution in [1.29, 1.82) is 0 Å². The molecule has 3 aromatic rings. The zero-order chi connectivity index (χ0) is 19.4. The maximum Gasteiger partial charge on any atom is 0.159 e. The van der Waals surface area contributed by atoms with Gasteiger partial charge in [0.05, 0.1) is 6.20 Å². The average molecular weight is 366 g/mol. The molecule has 3 rings (SSSR count). The van der Waals surface area contributed by atoms with Gasteiger partial charge < -0.3 is 10.2 Å². The van der Waals surface area contributed by atoms with Gasteiger partial charge in [0.15, 0.2) is 5.65 Å². The molecule has 1 aromatic carbocycles. The largest absolute Gasteiger partial charge is 0.356 e. The summed E-state index contributed by atoms with van der Waals surface area (Å²) in [4.78, 5) is 7.27. The molecule has 0 radical (unpaired) electrons. The highest BCUT2D eigenvalue weighted by molar-refractivity contribution is 5.70. The van der Waals surface area contributed by atoms with Crippen LogP contribution in [0.2, 0.25) is 0 Å². The van der Waals surface area contributed by atoms with Gasteiger partial charge >= 0.3 is 0 Å². The lowest BCUT2D eigenvalue weighted by Crippen LogP contribution is -2.28. The maximum absolute atomic E-state index is 4.84. The van der Waals surface area contributed by atoms with Crippen molar-refractivity contribution in [2.75, 3.05) is 23.3 Å². The quantitative estimate of drug-likeness (QED) is 0.590. The summed E-state index contributed by atoms with van der Waals surface area (Å²) < 4.78 is 1.97. The molecular weight excluding hydrogens is 334 g/mol. The summed E-state index contributed by atoms with van der Waals surface area (Å²) >= 11 is 0. The summed E-state index contributed by atoms with van der Waals surface area (Å²) in [6, 6.07) is 8.56. The van der Waals surface area contributed by atoms with E-state index in [1.54, 1.807) is 0 Å². The first-order valence-electron chi connectivity index (χ1n) is 10.0. The summed E-state index contributed by atoms with van der Waals surface area (Å²) in [6.45, 7) is 12.9. The van der Waals surface area contributed by atoms with E-state index < -0.39 is 0 Å². The smallest absolute Gasteiger partial charge is 0.159 e. The minimum absolute atomic E-state index is 0.873. The number of fused-ring (bicyclic) bond motifs is 1. The van der Waals surface area contributed by atoms with Crippen LogP contribution in [0.4, 0.5) is 17.3 Å². The topological polar surface area (TPSA) is 45.5 Å². The second-order valence-electron chi connectivity index (χ2n) is 7.13. The molecule has 0 unspecified atom stereocenters. The Kier molecular flexibility index (Phi) is 5.99. The number of benzene rings is 1. The van der Waals surface area contributed by atoms with Gasteiger partial charge in [-0.3, -0.25) is 0 Å². The minimum atomic E-state index is 0.873. The van der Waals surface area contributed by atoms with Crippen LogP contribution >= 0.6 is 0 Å². The van der Waals surface area contributed by atoms with Crippen molar-refractivity contribution in [2.24, 2.45) is 0 Å². The van der Waals surface area contributed by atoms with E-state index in [4.69, 9.17) is 4.98 Å². The molecule has 0 aliphatic rings. The number of hydrogen-bond donors (Lipinski definition) is 1. The van der Waals surface area contributed by atoms with Crippen molar-refractivity contribution in [2.45, 2.75) is 53.9 Å². The molecule has 2 aromatic heterocycles. The molecule has 0 fully saturated rings. The monoisotopic (exact) mass is 365 g/mol. The Morgan fingerprint density at radius 1 is 1.04 bits per heavy atom. The molecule has 1 N–H and O–H groups in total. The van der Waals surface area contributed by atoms with Crippen LogP contribution < -0.4 is 10.2 Å². The number of anilines is 3. The molecule has 2 heterocycles. The number of hydrogen-bond acceptors (Lipinski definition) is 4. The highest BCUT2D eigenvalue weighted by Gasteiger charge is 2.18. The first-order valence-corrected chi connectivity index (χ1v) is 10.0. The molecule has 0 saturated carbocycles. The number of aryl methyl sites for hydroxylation is 2. The molecule has 0 amide bonds. The van der Waals surface area contributed by atoms with Gasteiger partial charge in [-0.15, -0.1) is 0 Å². The van der Waals surface area contributed by atoms with Crippen molar-refractivity contribution < 1.29 is 0 Å². The Morgan fingerprint density at radius 3 is 2.41 bits per heavy atom. The van der Waals surface area contributed by atoms with Crippen molar-refractivity contribution in [3.05, 3.63) is 47.2 Å². The van der Waals surface area contributed by atoms with Crippen LogP contribution in [-0.2, 0) is 6.42 Å². The van der Waals surface area contributed by atoms with Crippen LogP contribution in [0.25, 0.3) is 5.65 Å². The number of nitrogens with one attached hydrogen (secondary N) is 1. The van der Waals surface area contributed by atoms with E-state index in [2.05, 4.69) is 68.1 Å². The molecule has 5 heteroatoms. The van der Waals surface area contributed by atoms with Gasteiger partial charge in [0.2, 0.25) is 0 Å². The van der Waals surface area contributed by atoms with Crippen LogP contribution in [-0.4, -0.2) is 27.7 Å². The predicted molar refractivity (Wildman–Crippen MR) is 114 cm³/mol. The molecule has 144 valence electrons. The first kappa shape index (κ1) is 19.2. The normalized spacial score (nSPS) is 11.1. The Bertz CT molecular complexity index is 906. The lowest BCUT2D eigenvalue weighted by atomic mass is 10.1. The van der Waals surface area contributed by atoms with Crippen molar-refractivity contribution in [1.82, 2.24) is 14.6 Å². The predicted octanol–water partition coefficient (Wildman–Crippen LogP) is 5.28. The van der Waals surface area contributed by atoms with E-state index >= 15 is 0 Å². The Labute approximate surface area is 162 Å². The fourth-order valence-corrected chi connectivity index (χ4v) is 3.58. The van der Waals surface area contributed by atoms with Gasteiger partial charge in [0.25, 0.3) is 0 Å². The van der Waals surface area contributed by atoms with Gasteiger partial charge in [-0.05, 0) is 50.3 Å². The Hall–Kier alpha value is -2.56. The fraction of sp³-hybridized carbons (Fsp3) is 0.455. The Morgan fingerprint density at radius 2 is 1.78 bits per heavy atom. The van der Waals surface area contributed by atoms with Crippen LogP contribution in [0.15, 0.2) is 30.5 Å². The average Bonchev–Trinajstić information content (AvgIpc) is 3.11. The highest BCUT2D eigenvalue weighted by atomic mass is 15.4. The fourth-order valence-electron chi connectivity index (χ4n) is 3.58. The van der Waals surface area contributed by atoms with E-state index in [0.717, 1.165) is 60.9 Å². The number of rotatable bonds is 8. The molecule has 0 bridgehead atoms. The molecular formula is C22H31N5. The minimum Gasteiger partial charge on any atom is -0.356 e. The van der Waals surface area contributed by atoms with Crippen LogP contribution in [0, 0.1) is 13.8 Å². The SMILES string of the molecule is CCCN(CCC)c1c(C)c(Nc2ccc(CC)cc2C)nc2ccnn12. The van der Waals surface area contributed by atoms with Crippen LogP contribution in [0.3, 0.4) is 0 Å². The summed E-state index contributed by atoms with van der Waals surface area (Å²) in [5.41, 5.74) is 5.71. The third kappa shape index (κ3) is 3.92. The summed E-state index contributed by atoms with van der Waals surface area (Å²) in [6.07, 6.45) is 5.08.